The molecule has 0 saturated carbocycles. The third-order valence-corrected chi connectivity index (χ3v) is 2.52. The minimum atomic E-state index is -0.209. The summed E-state index contributed by atoms with van der Waals surface area (Å²) in [5, 5.41) is 0. The number of hydrazine groups is 2. The quantitative estimate of drug-likeness (QED) is 0.324. The molecule has 94 valence electrons. The monoisotopic (exact) mass is 226 g/mol. The van der Waals surface area contributed by atoms with Crippen molar-refractivity contribution in [3.8, 4) is 0 Å². The van der Waals surface area contributed by atoms with Crippen LogP contribution < -0.4 is 22.5 Å². The van der Waals surface area contributed by atoms with Crippen molar-refractivity contribution in [3.05, 3.63) is 23.3 Å². The Morgan fingerprint density at radius 1 is 0.812 bits per heavy atom. The van der Waals surface area contributed by atoms with Crippen LogP contribution in [0.5, 0.6) is 0 Å². The van der Waals surface area contributed by atoms with E-state index in [4.69, 9.17) is 11.7 Å². The minimum Gasteiger partial charge on any atom is -0.271 e. The molecule has 0 rings (SSSR count). The fourth-order valence-corrected chi connectivity index (χ4v) is 1.39. The topological polar surface area (TPSA) is 76.1 Å². The molecule has 4 nitrogen and oxygen atoms in total. The SMILES string of the molecule is CC(=CC(C)(C)NN)C(C)=CC(C)(C)NN. The number of hydrogen-bond donors (Lipinski definition) is 4. The van der Waals surface area contributed by atoms with E-state index in [2.05, 4.69) is 36.9 Å². The standard InChI is InChI=1S/C12H26N4/c1-9(7-11(3,4)15-13)10(2)8-12(5,6)16-14/h7-8,15-16H,13-14H2,1-6H3. The lowest BCUT2D eigenvalue weighted by atomic mass is 9.95. The largest absolute Gasteiger partial charge is 0.271 e. The molecular weight excluding hydrogens is 200 g/mol. The Bertz CT molecular complexity index is 257. The molecule has 0 aliphatic rings. The maximum absolute atomic E-state index is 5.46. The van der Waals surface area contributed by atoms with Gasteiger partial charge in [0.2, 0.25) is 0 Å². The molecule has 0 heterocycles. The zero-order valence-electron chi connectivity index (χ0n) is 11.3. The molecule has 0 saturated heterocycles. The third-order valence-electron chi connectivity index (χ3n) is 2.52. The van der Waals surface area contributed by atoms with Crippen LogP contribution in [0.2, 0.25) is 0 Å². The second-order valence-corrected chi connectivity index (χ2v) is 5.39. The third kappa shape index (κ3) is 5.42. The highest BCUT2D eigenvalue weighted by atomic mass is 15.3. The molecule has 0 amide bonds. The van der Waals surface area contributed by atoms with Crippen LogP contribution in [0.3, 0.4) is 0 Å². The summed E-state index contributed by atoms with van der Waals surface area (Å²) in [7, 11) is 0. The van der Waals surface area contributed by atoms with E-state index in [0.29, 0.717) is 0 Å². The average molecular weight is 226 g/mol. The summed E-state index contributed by atoms with van der Waals surface area (Å²) in [5.41, 5.74) is 7.47. The first-order chi connectivity index (χ1) is 7.13. The molecule has 16 heavy (non-hydrogen) atoms. The van der Waals surface area contributed by atoms with E-state index in [1.165, 1.54) is 11.1 Å². The normalized spacial score (nSPS) is 15.5. The fraction of sp³-hybridized carbons (Fsp3) is 0.667. The molecule has 0 unspecified atom stereocenters. The molecule has 0 aliphatic carbocycles. The maximum Gasteiger partial charge on any atom is 0.0449 e. The van der Waals surface area contributed by atoms with Crippen LogP contribution in [0.1, 0.15) is 41.5 Å². The number of rotatable bonds is 5. The van der Waals surface area contributed by atoms with Gasteiger partial charge in [-0.05, 0) is 41.5 Å². The van der Waals surface area contributed by atoms with Crippen LogP contribution in [0.15, 0.2) is 23.3 Å². The summed E-state index contributed by atoms with van der Waals surface area (Å²) in [5.74, 6) is 10.9. The first kappa shape index (κ1) is 15.3. The molecular formula is C12H26N4. The van der Waals surface area contributed by atoms with Gasteiger partial charge in [0.25, 0.3) is 0 Å². The Labute approximate surface area is 99.1 Å². The van der Waals surface area contributed by atoms with E-state index in [1.807, 2.05) is 27.7 Å². The van der Waals surface area contributed by atoms with Crippen molar-refractivity contribution in [1.82, 2.24) is 10.9 Å². The van der Waals surface area contributed by atoms with Crippen LogP contribution in [0, 0.1) is 0 Å². The van der Waals surface area contributed by atoms with Crippen molar-refractivity contribution in [3.63, 3.8) is 0 Å². The van der Waals surface area contributed by atoms with Crippen LogP contribution in [-0.2, 0) is 0 Å². The predicted octanol–water partition coefficient (Wildman–Crippen LogP) is 1.36. The van der Waals surface area contributed by atoms with Crippen molar-refractivity contribution in [1.29, 1.82) is 0 Å². The van der Waals surface area contributed by atoms with Crippen molar-refractivity contribution < 1.29 is 0 Å². The summed E-state index contributed by atoms with van der Waals surface area (Å²) in [6.07, 6.45) is 4.21. The van der Waals surface area contributed by atoms with Gasteiger partial charge in [0.15, 0.2) is 0 Å². The van der Waals surface area contributed by atoms with Crippen molar-refractivity contribution in [2.24, 2.45) is 11.7 Å². The highest BCUT2D eigenvalue weighted by Crippen LogP contribution is 2.17. The molecule has 0 atom stereocenters. The van der Waals surface area contributed by atoms with Gasteiger partial charge in [-0.1, -0.05) is 23.3 Å². The Balaban J connectivity index is 4.94. The van der Waals surface area contributed by atoms with Gasteiger partial charge >= 0.3 is 0 Å². The predicted molar refractivity (Wildman–Crippen MR) is 70.3 cm³/mol. The van der Waals surface area contributed by atoms with Gasteiger partial charge in [0.05, 0.1) is 0 Å². The van der Waals surface area contributed by atoms with E-state index in [1.54, 1.807) is 0 Å². The van der Waals surface area contributed by atoms with E-state index in [9.17, 15) is 0 Å². The Hall–Kier alpha value is -0.680. The van der Waals surface area contributed by atoms with Crippen LogP contribution >= 0.6 is 0 Å². The van der Waals surface area contributed by atoms with E-state index < -0.39 is 0 Å². The Morgan fingerprint density at radius 3 is 1.25 bits per heavy atom. The smallest absolute Gasteiger partial charge is 0.0449 e. The van der Waals surface area contributed by atoms with Crippen LogP contribution in [-0.4, -0.2) is 11.1 Å². The summed E-state index contributed by atoms with van der Waals surface area (Å²) < 4.78 is 0. The highest BCUT2D eigenvalue weighted by molar-refractivity contribution is 5.32. The maximum atomic E-state index is 5.46. The molecule has 0 aromatic rings. The fourth-order valence-electron chi connectivity index (χ4n) is 1.39. The van der Waals surface area contributed by atoms with Crippen molar-refractivity contribution >= 4 is 0 Å². The lowest BCUT2D eigenvalue weighted by Gasteiger charge is -2.23. The molecule has 0 aromatic heterocycles. The van der Waals surface area contributed by atoms with Gasteiger partial charge < -0.3 is 0 Å². The number of nitrogens with one attached hydrogen (secondary N) is 2. The van der Waals surface area contributed by atoms with Gasteiger partial charge in [-0.15, -0.1) is 0 Å². The van der Waals surface area contributed by atoms with Crippen LogP contribution in [0.4, 0.5) is 0 Å². The summed E-state index contributed by atoms with van der Waals surface area (Å²) in [6, 6.07) is 0. The summed E-state index contributed by atoms with van der Waals surface area (Å²) in [4.78, 5) is 0. The number of nitrogens with two attached hydrogens (primary N) is 2. The molecule has 0 radical (unpaired) electrons. The average Bonchev–Trinajstić information content (AvgIpc) is 2.16. The number of allylic oxidation sites excluding steroid dienone is 2. The molecule has 4 heteroatoms. The van der Waals surface area contributed by atoms with Crippen molar-refractivity contribution in [2.45, 2.75) is 52.6 Å². The second kappa shape index (κ2) is 5.59. The molecule has 0 bridgehead atoms. The first-order valence-electron chi connectivity index (χ1n) is 5.48. The molecule has 0 aliphatic heterocycles. The van der Waals surface area contributed by atoms with Crippen molar-refractivity contribution in [2.75, 3.05) is 0 Å². The van der Waals surface area contributed by atoms with E-state index in [-0.39, 0.29) is 11.1 Å². The lowest BCUT2D eigenvalue weighted by Crippen LogP contribution is -2.43. The second-order valence-electron chi connectivity index (χ2n) is 5.39. The molecule has 0 spiro atoms. The van der Waals surface area contributed by atoms with Gasteiger partial charge in [-0.3, -0.25) is 22.5 Å². The number of hydrogen-bond acceptors (Lipinski definition) is 4. The first-order valence-corrected chi connectivity index (χ1v) is 5.48. The highest BCUT2D eigenvalue weighted by Gasteiger charge is 2.15. The lowest BCUT2D eigenvalue weighted by molar-refractivity contribution is 0.485. The minimum absolute atomic E-state index is 0.209. The zero-order chi connectivity index (χ0) is 13.0. The van der Waals surface area contributed by atoms with Crippen LogP contribution in [0.25, 0.3) is 0 Å². The summed E-state index contributed by atoms with van der Waals surface area (Å²) in [6.45, 7) is 12.2. The molecule has 0 aromatic carbocycles. The van der Waals surface area contributed by atoms with E-state index >= 15 is 0 Å². The zero-order valence-corrected chi connectivity index (χ0v) is 11.3. The molecule has 0 fully saturated rings. The van der Waals surface area contributed by atoms with Gasteiger partial charge in [0.1, 0.15) is 0 Å². The summed E-state index contributed by atoms with van der Waals surface area (Å²) >= 11 is 0. The van der Waals surface area contributed by atoms with Gasteiger partial charge in [0, 0.05) is 11.1 Å². The van der Waals surface area contributed by atoms with E-state index in [0.717, 1.165) is 0 Å². The Morgan fingerprint density at radius 2 is 1.06 bits per heavy atom. The van der Waals surface area contributed by atoms with Gasteiger partial charge in [-0.25, -0.2) is 0 Å². The molecule has 6 N–H and O–H groups in total. The Kier molecular flexibility index (Phi) is 5.35. The van der Waals surface area contributed by atoms with Gasteiger partial charge in [-0.2, -0.15) is 0 Å².